The van der Waals surface area contributed by atoms with Gasteiger partial charge in [0.05, 0.1) is 0 Å². The highest BCUT2D eigenvalue weighted by Gasteiger charge is 2.28. The summed E-state index contributed by atoms with van der Waals surface area (Å²) in [6.07, 6.45) is 3.64. The molecule has 0 aliphatic rings. The Balaban J connectivity index is 3.10. The van der Waals surface area contributed by atoms with E-state index in [2.05, 4.69) is 42.2 Å². The van der Waals surface area contributed by atoms with Crippen LogP contribution in [0.25, 0.3) is 0 Å². The average Bonchev–Trinajstić information content (AvgIpc) is 2.45. The highest BCUT2D eigenvalue weighted by molar-refractivity contribution is 6.87. The quantitative estimate of drug-likeness (QED) is 0.615. The van der Waals surface area contributed by atoms with E-state index in [4.69, 9.17) is 0 Å². The van der Waals surface area contributed by atoms with Gasteiger partial charge < -0.3 is 5.11 Å². The van der Waals surface area contributed by atoms with Gasteiger partial charge in [-0.05, 0) is 31.1 Å². The van der Waals surface area contributed by atoms with Crippen molar-refractivity contribution >= 4 is 8.07 Å². The molecule has 21 heavy (non-hydrogen) atoms. The van der Waals surface area contributed by atoms with Crippen molar-refractivity contribution in [2.45, 2.75) is 71.7 Å². The van der Waals surface area contributed by atoms with E-state index in [1.807, 2.05) is 13.0 Å². The number of nitrogens with zero attached hydrogens (tertiary/aromatic N) is 2. The maximum atomic E-state index is 9.20. The van der Waals surface area contributed by atoms with E-state index in [1.54, 1.807) is 0 Å². The minimum absolute atomic E-state index is 0.127. The molecule has 0 aliphatic carbocycles. The smallest absolute Gasteiger partial charge is 0.155 e. The zero-order chi connectivity index (χ0) is 15.7. The minimum atomic E-state index is -1.51. The fraction of sp³-hybridized carbons (Fsp3) is 0.647. The van der Waals surface area contributed by atoms with Crippen molar-refractivity contribution < 1.29 is 5.11 Å². The van der Waals surface area contributed by atoms with Gasteiger partial charge in [-0.3, -0.25) is 0 Å². The zero-order valence-electron chi connectivity index (χ0n) is 13.9. The van der Waals surface area contributed by atoms with Crippen LogP contribution < -0.4 is 0 Å². The Kier molecular flexibility index (Phi) is 7.63. The number of aryl methyl sites for hydroxylation is 1. The fourth-order valence-electron chi connectivity index (χ4n) is 2.96. The van der Waals surface area contributed by atoms with Gasteiger partial charge in [-0.25, -0.2) is 9.97 Å². The van der Waals surface area contributed by atoms with E-state index < -0.39 is 8.07 Å². The van der Waals surface area contributed by atoms with Crippen LogP contribution in [-0.4, -0.2) is 23.1 Å². The number of aliphatic hydroxyl groups is 1. The van der Waals surface area contributed by atoms with Crippen LogP contribution in [0.4, 0.5) is 0 Å². The van der Waals surface area contributed by atoms with Crippen LogP contribution in [-0.2, 0) is 6.61 Å². The number of hydrogen-bond acceptors (Lipinski definition) is 3. The molecule has 1 rings (SSSR count). The van der Waals surface area contributed by atoms with E-state index >= 15 is 0 Å². The van der Waals surface area contributed by atoms with Gasteiger partial charge in [0, 0.05) is 5.69 Å². The topological polar surface area (TPSA) is 46.0 Å². The lowest BCUT2D eigenvalue weighted by molar-refractivity contribution is 0.271. The van der Waals surface area contributed by atoms with Crippen LogP contribution in [0.5, 0.6) is 0 Å². The first kappa shape index (κ1) is 17.9. The number of aliphatic hydroxyl groups excluding tert-OH is 1. The fourth-order valence-corrected chi connectivity index (χ4v) is 7.35. The summed E-state index contributed by atoms with van der Waals surface area (Å²) in [6.45, 7) is 8.56. The van der Waals surface area contributed by atoms with Gasteiger partial charge in [0.25, 0.3) is 0 Å². The largest absolute Gasteiger partial charge is 0.388 e. The van der Waals surface area contributed by atoms with Crippen LogP contribution in [0.2, 0.25) is 18.1 Å². The third-order valence-electron chi connectivity index (χ3n) is 3.68. The Morgan fingerprint density at radius 3 is 2.10 bits per heavy atom. The molecule has 0 aromatic carbocycles. The molecule has 0 radical (unpaired) electrons. The van der Waals surface area contributed by atoms with Crippen LogP contribution in [0.15, 0.2) is 6.07 Å². The minimum Gasteiger partial charge on any atom is -0.388 e. The summed E-state index contributed by atoms with van der Waals surface area (Å²) < 4.78 is 0. The Labute approximate surface area is 130 Å². The molecule has 0 fully saturated rings. The molecule has 0 saturated heterocycles. The van der Waals surface area contributed by atoms with Gasteiger partial charge >= 0.3 is 0 Å². The van der Waals surface area contributed by atoms with Crippen molar-refractivity contribution in [2.24, 2.45) is 0 Å². The van der Waals surface area contributed by atoms with Crippen LogP contribution >= 0.6 is 0 Å². The molecular formula is C17H28N2OSi. The summed E-state index contributed by atoms with van der Waals surface area (Å²) in [5.41, 5.74) is 5.27. The van der Waals surface area contributed by atoms with Crippen LogP contribution in [0.3, 0.4) is 0 Å². The lowest BCUT2D eigenvalue weighted by atomic mass is 10.3. The van der Waals surface area contributed by atoms with E-state index in [9.17, 15) is 5.11 Å². The second kappa shape index (κ2) is 8.96. The average molecular weight is 305 g/mol. The van der Waals surface area contributed by atoms with Crippen molar-refractivity contribution in [3.8, 4) is 11.5 Å². The molecule has 116 valence electrons. The maximum absolute atomic E-state index is 9.20. The predicted octanol–water partition coefficient (Wildman–Crippen LogP) is 3.85. The highest BCUT2D eigenvalue weighted by Crippen LogP contribution is 2.25. The molecule has 0 saturated carbocycles. The third-order valence-corrected chi connectivity index (χ3v) is 8.71. The molecule has 0 unspecified atom stereocenters. The summed E-state index contributed by atoms with van der Waals surface area (Å²) >= 11 is 0. The molecule has 0 atom stereocenters. The van der Waals surface area contributed by atoms with Gasteiger partial charge in [0.15, 0.2) is 5.82 Å². The molecule has 0 amide bonds. The molecule has 0 aliphatic heterocycles. The molecule has 0 spiro atoms. The van der Waals surface area contributed by atoms with Crippen LogP contribution in [0.1, 0.15) is 57.2 Å². The van der Waals surface area contributed by atoms with Gasteiger partial charge in [-0.1, -0.05) is 46.0 Å². The molecule has 0 bridgehead atoms. The van der Waals surface area contributed by atoms with Crippen molar-refractivity contribution in [3.63, 3.8) is 0 Å². The Morgan fingerprint density at radius 1 is 1.05 bits per heavy atom. The molecule has 3 nitrogen and oxygen atoms in total. The van der Waals surface area contributed by atoms with Crippen molar-refractivity contribution in [1.29, 1.82) is 0 Å². The highest BCUT2D eigenvalue weighted by atomic mass is 28.3. The summed E-state index contributed by atoms with van der Waals surface area (Å²) in [7, 11) is -1.51. The first-order valence-corrected chi connectivity index (χ1v) is 10.7. The van der Waals surface area contributed by atoms with Gasteiger partial charge in [-0.2, -0.15) is 0 Å². The van der Waals surface area contributed by atoms with E-state index in [0.29, 0.717) is 5.82 Å². The van der Waals surface area contributed by atoms with Crippen molar-refractivity contribution in [3.05, 3.63) is 23.3 Å². The van der Waals surface area contributed by atoms with Crippen LogP contribution in [0, 0.1) is 18.4 Å². The summed E-state index contributed by atoms with van der Waals surface area (Å²) in [6, 6.07) is 5.74. The third kappa shape index (κ3) is 5.60. The first-order valence-electron chi connectivity index (χ1n) is 8.07. The predicted molar refractivity (Wildman–Crippen MR) is 90.6 cm³/mol. The first-order chi connectivity index (χ1) is 10.1. The normalized spacial score (nSPS) is 11.1. The lowest BCUT2D eigenvalue weighted by Gasteiger charge is -2.24. The van der Waals surface area contributed by atoms with Crippen molar-refractivity contribution in [1.82, 2.24) is 9.97 Å². The maximum Gasteiger partial charge on any atom is 0.155 e. The van der Waals surface area contributed by atoms with E-state index in [1.165, 1.54) is 37.4 Å². The molecule has 1 aromatic rings. The zero-order valence-corrected chi connectivity index (χ0v) is 14.9. The SMILES string of the molecule is CCC[Si](C#Cc1cc(C)nc(CO)n1)(CCC)CCC. The second-order valence-corrected chi connectivity index (χ2v) is 10.1. The molecule has 1 aromatic heterocycles. The monoisotopic (exact) mass is 304 g/mol. The number of aromatic nitrogens is 2. The molecule has 1 heterocycles. The standard InChI is InChI=1S/C17H28N2OSi/c1-5-9-21(10-6-2,11-7-3)12-8-16-13-15(4)18-17(14-20)19-16/h13,20H,5-7,9-11,14H2,1-4H3. The summed E-state index contributed by atoms with van der Waals surface area (Å²) in [5, 5.41) is 9.20. The Bertz CT molecular complexity index is 488. The summed E-state index contributed by atoms with van der Waals surface area (Å²) in [4.78, 5) is 8.51. The molecular weight excluding hydrogens is 276 g/mol. The Hall–Kier alpha value is -1.18. The van der Waals surface area contributed by atoms with Crippen molar-refractivity contribution in [2.75, 3.05) is 0 Å². The molecule has 4 heteroatoms. The van der Waals surface area contributed by atoms with Gasteiger partial charge in [-0.15, -0.1) is 5.54 Å². The van der Waals surface area contributed by atoms with E-state index in [-0.39, 0.29) is 6.61 Å². The number of rotatable bonds is 7. The van der Waals surface area contributed by atoms with Gasteiger partial charge in [0.2, 0.25) is 0 Å². The Morgan fingerprint density at radius 2 is 1.62 bits per heavy atom. The van der Waals surface area contributed by atoms with E-state index in [0.717, 1.165) is 11.4 Å². The number of hydrogen-bond donors (Lipinski definition) is 1. The molecule has 1 N–H and O–H groups in total. The second-order valence-electron chi connectivity index (χ2n) is 5.75. The summed E-state index contributed by atoms with van der Waals surface area (Å²) in [5.74, 6) is 3.77. The van der Waals surface area contributed by atoms with Gasteiger partial charge in [0.1, 0.15) is 20.4 Å². The lowest BCUT2D eigenvalue weighted by Crippen LogP contribution is -2.32.